The largest absolute Gasteiger partial charge is 0.338 e. The predicted molar refractivity (Wildman–Crippen MR) is 57.6 cm³/mol. The van der Waals surface area contributed by atoms with Gasteiger partial charge in [-0.2, -0.15) is 0 Å². The van der Waals surface area contributed by atoms with Crippen LogP contribution in [0.15, 0.2) is 36.7 Å². The van der Waals surface area contributed by atoms with E-state index in [1.165, 1.54) is 24.3 Å². The minimum atomic E-state index is -0.339. The Bertz CT molecular complexity index is 502. The number of carbonyl (C=O) groups excluding carboxylic acids is 1. The lowest BCUT2D eigenvalue weighted by molar-refractivity contribution is 0.0990. The third-order valence-corrected chi connectivity index (χ3v) is 2.41. The zero-order valence-electron chi connectivity index (χ0n) is 8.85. The molecule has 0 aliphatic heterocycles. The highest BCUT2D eigenvalue weighted by molar-refractivity contribution is 5.97. The second kappa shape index (κ2) is 4.26. The number of aryl methyl sites for hydroxylation is 1. The number of nitrogens with zero attached hydrogens (tertiary/aromatic N) is 2. The molecular weight excluding hydrogens is 207 g/mol. The molecule has 1 heterocycles. The third-order valence-electron chi connectivity index (χ3n) is 2.41. The summed E-state index contributed by atoms with van der Waals surface area (Å²) in [6.45, 7) is 0. The first-order valence-corrected chi connectivity index (χ1v) is 4.92. The van der Waals surface area contributed by atoms with Crippen LogP contribution in [0.1, 0.15) is 16.2 Å². The van der Waals surface area contributed by atoms with E-state index in [1.54, 1.807) is 17.0 Å². The summed E-state index contributed by atoms with van der Waals surface area (Å²) in [5, 5.41) is 0. The van der Waals surface area contributed by atoms with Gasteiger partial charge in [-0.25, -0.2) is 9.37 Å². The number of hydrogen-bond donors (Lipinski definition) is 0. The summed E-state index contributed by atoms with van der Waals surface area (Å²) >= 11 is 0. The van der Waals surface area contributed by atoms with E-state index in [-0.39, 0.29) is 18.0 Å². The number of benzene rings is 1. The minimum absolute atomic E-state index is 0.0608. The van der Waals surface area contributed by atoms with Crippen molar-refractivity contribution in [1.82, 2.24) is 9.55 Å². The Morgan fingerprint density at radius 1 is 1.38 bits per heavy atom. The monoisotopic (exact) mass is 218 g/mol. The first-order chi connectivity index (χ1) is 7.66. The number of rotatable bonds is 3. The van der Waals surface area contributed by atoms with E-state index in [4.69, 9.17) is 0 Å². The SMILES string of the molecule is Cn1ccnc1CC(=O)c1ccc(F)cc1. The lowest BCUT2D eigenvalue weighted by Crippen LogP contribution is -2.08. The summed E-state index contributed by atoms with van der Waals surface area (Å²) in [5.41, 5.74) is 0.504. The van der Waals surface area contributed by atoms with Gasteiger partial charge < -0.3 is 4.57 Å². The van der Waals surface area contributed by atoms with Gasteiger partial charge in [-0.1, -0.05) is 0 Å². The van der Waals surface area contributed by atoms with Gasteiger partial charge in [-0.05, 0) is 24.3 Å². The molecule has 0 amide bonds. The van der Waals surface area contributed by atoms with Gasteiger partial charge in [-0.3, -0.25) is 4.79 Å². The van der Waals surface area contributed by atoms with Crippen LogP contribution in [0.3, 0.4) is 0 Å². The fraction of sp³-hybridized carbons (Fsp3) is 0.167. The van der Waals surface area contributed by atoms with Crippen LogP contribution in [0.5, 0.6) is 0 Å². The highest BCUT2D eigenvalue weighted by atomic mass is 19.1. The summed E-state index contributed by atoms with van der Waals surface area (Å²) in [4.78, 5) is 15.9. The molecule has 4 heteroatoms. The fourth-order valence-corrected chi connectivity index (χ4v) is 1.45. The van der Waals surface area contributed by atoms with Crippen molar-refractivity contribution in [2.75, 3.05) is 0 Å². The number of Topliss-reactive ketones (excluding diaryl/α,β-unsaturated/α-hetero) is 1. The first kappa shape index (κ1) is 10.5. The number of hydrogen-bond acceptors (Lipinski definition) is 2. The van der Waals surface area contributed by atoms with Gasteiger partial charge in [-0.15, -0.1) is 0 Å². The van der Waals surface area contributed by atoms with Crippen LogP contribution in [0.2, 0.25) is 0 Å². The van der Waals surface area contributed by atoms with Gasteiger partial charge in [0.1, 0.15) is 11.6 Å². The highest BCUT2D eigenvalue weighted by Crippen LogP contribution is 2.07. The molecule has 2 rings (SSSR count). The van der Waals surface area contributed by atoms with Gasteiger partial charge in [0.15, 0.2) is 5.78 Å². The molecule has 0 N–H and O–H groups in total. The second-order valence-electron chi connectivity index (χ2n) is 3.56. The lowest BCUT2D eigenvalue weighted by atomic mass is 10.1. The standard InChI is InChI=1S/C12H11FN2O/c1-15-7-6-14-12(15)8-11(16)9-2-4-10(13)5-3-9/h2-7H,8H2,1H3. The molecule has 0 aliphatic rings. The van der Waals surface area contributed by atoms with Crippen LogP contribution < -0.4 is 0 Å². The summed E-state index contributed by atoms with van der Waals surface area (Å²) < 4.78 is 14.5. The molecule has 2 aromatic rings. The summed E-state index contributed by atoms with van der Waals surface area (Å²) in [6.07, 6.45) is 3.66. The van der Waals surface area contributed by atoms with Crippen molar-refractivity contribution < 1.29 is 9.18 Å². The van der Waals surface area contributed by atoms with Crippen LogP contribution in [-0.2, 0) is 13.5 Å². The number of aromatic nitrogens is 2. The number of ketones is 1. The minimum Gasteiger partial charge on any atom is -0.338 e. The van der Waals surface area contributed by atoms with Crippen molar-refractivity contribution in [3.63, 3.8) is 0 Å². The average Bonchev–Trinajstić information content (AvgIpc) is 2.65. The maximum Gasteiger partial charge on any atom is 0.170 e. The van der Waals surface area contributed by atoms with Crippen LogP contribution in [0.25, 0.3) is 0 Å². The average molecular weight is 218 g/mol. The first-order valence-electron chi connectivity index (χ1n) is 4.92. The Morgan fingerprint density at radius 2 is 2.06 bits per heavy atom. The van der Waals surface area contributed by atoms with Crippen LogP contribution in [0.4, 0.5) is 4.39 Å². The highest BCUT2D eigenvalue weighted by Gasteiger charge is 2.09. The summed E-state index contributed by atoms with van der Waals surface area (Å²) in [7, 11) is 1.83. The molecule has 82 valence electrons. The zero-order chi connectivity index (χ0) is 11.5. The molecule has 0 aliphatic carbocycles. The Labute approximate surface area is 92.5 Å². The van der Waals surface area contributed by atoms with E-state index in [0.29, 0.717) is 11.4 Å². The van der Waals surface area contributed by atoms with Gasteiger partial charge >= 0.3 is 0 Å². The van der Waals surface area contributed by atoms with Crippen molar-refractivity contribution in [2.45, 2.75) is 6.42 Å². The maximum atomic E-state index is 12.7. The molecule has 0 saturated carbocycles. The number of imidazole rings is 1. The predicted octanol–water partition coefficient (Wildman–Crippen LogP) is 1.98. The molecule has 0 atom stereocenters. The van der Waals surface area contributed by atoms with Gasteiger partial charge in [0, 0.05) is 25.0 Å². The Morgan fingerprint density at radius 3 is 2.62 bits per heavy atom. The molecule has 0 bridgehead atoms. The molecule has 16 heavy (non-hydrogen) atoms. The Balaban J connectivity index is 2.15. The van der Waals surface area contributed by atoms with E-state index in [1.807, 2.05) is 7.05 Å². The quantitative estimate of drug-likeness (QED) is 0.738. The Hall–Kier alpha value is -1.97. The number of halogens is 1. The molecule has 0 unspecified atom stereocenters. The van der Waals surface area contributed by atoms with E-state index in [0.717, 1.165) is 0 Å². The Kier molecular flexibility index (Phi) is 2.81. The topological polar surface area (TPSA) is 34.9 Å². The van der Waals surface area contributed by atoms with E-state index >= 15 is 0 Å². The second-order valence-corrected chi connectivity index (χ2v) is 3.56. The molecule has 0 spiro atoms. The van der Waals surface area contributed by atoms with Crippen molar-refractivity contribution in [1.29, 1.82) is 0 Å². The smallest absolute Gasteiger partial charge is 0.170 e. The third kappa shape index (κ3) is 2.16. The van der Waals surface area contributed by atoms with Crippen LogP contribution >= 0.6 is 0 Å². The summed E-state index contributed by atoms with van der Waals surface area (Å²) in [6, 6.07) is 5.54. The summed E-state index contributed by atoms with van der Waals surface area (Å²) in [5.74, 6) is 0.303. The zero-order valence-corrected chi connectivity index (χ0v) is 8.85. The van der Waals surface area contributed by atoms with E-state index in [9.17, 15) is 9.18 Å². The lowest BCUT2D eigenvalue weighted by Gasteiger charge is -2.01. The molecule has 0 saturated heterocycles. The normalized spacial score (nSPS) is 10.4. The van der Waals surface area contributed by atoms with Crippen molar-refractivity contribution >= 4 is 5.78 Å². The molecule has 0 fully saturated rings. The van der Waals surface area contributed by atoms with E-state index < -0.39 is 0 Å². The van der Waals surface area contributed by atoms with Crippen LogP contribution in [-0.4, -0.2) is 15.3 Å². The number of carbonyl (C=O) groups is 1. The molecule has 3 nitrogen and oxygen atoms in total. The van der Waals surface area contributed by atoms with Crippen molar-refractivity contribution in [3.05, 3.63) is 53.9 Å². The van der Waals surface area contributed by atoms with E-state index in [2.05, 4.69) is 4.98 Å². The molecule has 1 aromatic carbocycles. The van der Waals surface area contributed by atoms with Crippen LogP contribution in [0, 0.1) is 5.82 Å². The molecular formula is C12H11FN2O. The van der Waals surface area contributed by atoms with Gasteiger partial charge in [0.25, 0.3) is 0 Å². The molecule has 0 radical (unpaired) electrons. The van der Waals surface area contributed by atoms with Gasteiger partial charge in [0.05, 0.1) is 6.42 Å². The van der Waals surface area contributed by atoms with Crippen molar-refractivity contribution in [2.24, 2.45) is 7.05 Å². The van der Waals surface area contributed by atoms with Crippen molar-refractivity contribution in [3.8, 4) is 0 Å². The molecule has 1 aromatic heterocycles. The maximum absolute atomic E-state index is 12.7. The fourth-order valence-electron chi connectivity index (χ4n) is 1.45. The van der Waals surface area contributed by atoms with Gasteiger partial charge in [0.2, 0.25) is 0 Å².